The third-order valence-corrected chi connectivity index (χ3v) is 5.19. The molecule has 1 atom stereocenters. The van der Waals surface area contributed by atoms with E-state index in [1.54, 1.807) is 12.3 Å². The highest BCUT2D eigenvalue weighted by molar-refractivity contribution is 7.99. The Labute approximate surface area is 127 Å². The molecule has 0 amide bonds. The van der Waals surface area contributed by atoms with Crippen LogP contribution in [0.1, 0.15) is 12.5 Å². The van der Waals surface area contributed by atoms with Gasteiger partial charge in [-0.3, -0.25) is 10.1 Å². The van der Waals surface area contributed by atoms with Crippen molar-refractivity contribution in [3.05, 3.63) is 42.1 Å². The molecule has 1 aromatic carbocycles. The van der Waals surface area contributed by atoms with Gasteiger partial charge in [-0.15, -0.1) is 0 Å². The third kappa shape index (κ3) is 1.90. The number of nitrogens with one attached hydrogen (secondary N) is 2. The van der Waals surface area contributed by atoms with Crippen LogP contribution in [0.3, 0.4) is 0 Å². The number of nitrogens with zero attached hydrogens (tertiary/aromatic N) is 3. The van der Waals surface area contributed by atoms with Crippen LogP contribution in [0, 0.1) is 0 Å². The zero-order valence-corrected chi connectivity index (χ0v) is 12.6. The van der Waals surface area contributed by atoms with Gasteiger partial charge < -0.3 is 5.32 Å². The summed E-state index contributed by atoms with van der Waals surface area (Å²) in [6.45, 7) is 1.84. The van der Waals surface area contributed by atoms with Gasteiger partial charge in [-0.25, -0.2) is 4.21 Å². The van der Waals surface area contributed by atoms with Gasteiger partial charge in [0.1, 0.15) is 5.52 Å². The molecule has 0 saturated heterocycles. The second kappa shape index (κ2) is 4.41. The van der Waals surface area contributed by atoms with Gasteiger partial charge >= 0.3 is 0 Å². The maximum absolute atomic E-state index is 12.3. The minimum atomic E-state index is -2.54. The number of hydrogen-bond donors (Lipinski definition) is 2. The van der Waals surface area contributed by atoms with Crippen LogP contribution >= 0.6 is 0 Å². The number of pyridine rings is 1. The second-order valence-electron chi connectivity index (χ2n) is 5.12. The number of rotatable bonds is 2. The van der Waals surface area contributed by atoms with Crippen LogP contribution in [0.25, 0.3) is 11.0 Å². The van der Waals surface area contributed by atoms with Gasteiger partial charge in [0.15, 0.2) is 5.82 Å². The maximum atomic E-state index is 12.3. The number of anilines is 2. The summed E-state index contributed by atoms with van der Waals surface area (Å²) in [5, 5.41) is 10.4. The largest absolute Gasteiger partial charge is 0.337 e. The molecule has 1 aliphatic heterocycles. The van der Waals surface area contributed by atoms with E-state index in [9.17, 15) is 4.21 Å². The van der Waals surface area contributed by atoms with Gasteiger partial charge in [-0.2, -0.15) is 9.50 Å². The normalized spacial score (nSPS) is 20.0. The van der Waals surface area contributed by atoms with Gasteiger partial charge in [0.05, 0.1) is 25.8 Å². The molecule has 3 heterocycles. The molecule has 0 spiro atoms. The first kappa shape index (κ1) is 13.0. The molecule has 0 fully saturated rings. The number of aromatic amines is 1. The standard InChI is InChI=1S/C15H13N5OS/c1-9-11-8-10(5-6-13(11)22(2,21)20-9)17-15-14-12(18-19-15)4-3-7-16-14/h3-8H,2H2,1H3,(H2,17,18,19). The average Bonchev–Trinajstić information content (AvgIpc) is 2.99. The van der Waals surface area contributed by atoms with E-state index in [2.05, 4.69) is 30.8 Å². The Hall–Kier alpha value is -2.67. The zero-order chi connectivity index (χ0) is 15.3. The van der Waals surface area contributed by atoms with Gasteiger partial charge in [0.2, 0.25) is 0 Å². The van der Waals surface area contributed by atoms with Crippen LogP contribution in [0.5, 0.6) is 0 Å². The van der Waals surface area contributed by atoms with Crippen molar-refractivity contribution in [3.63, 3.8) is 0 Å². The Balaban J connectivity index is 1.77. The lowest BCUT2D eigenvalue weighted by Gasteiger charge is -2.07. The molecule has 0 aliphatic carbocycles. The van der Waals surface area contributed by atoms with Crippen LogP contribution in [0.15, 0.2) is 45.8 Å². The first-order chi connectivity index (χ1) is 10.5. The van der Waals surface area contributed by atoms with Gasteiger partial charge in [-0.1, -0.05) is 0 Å². The fraction of sp³-hybridized carbons (Fsp3) is 0.0667. The molecule has 2 aromatic heterocycles. The monoisotopic (exact) mass is 311 g/mol. The topological polar surface area (TPSA) is 83.0 Å². The summed E-state index contributed by atoms with van der Waals surface area (Å²) in [6.07, 6.45) is 1.72. The van der Waals surface area contributed by atoms with Crippen LogP contribution in [0.2, 0.25) is 0 Å². The summed E-state index contributed by atoms with van der Waals surface area (Å²) in [5.74, 6) is 4.35. The summed E-state index contributed by atoms with van der Waals surface area (Å²) in [7, 11) is -2.54. The lowest BCUT2D eigenvalue weighted by Crippen LogP contribution is -1.98. The molecule has 6 nitrogen and oxygen atoms in total. The zero-order valence-electron chi connectivity index (χ0n) is 11.8. The van der Waals surface area contributed by atoms with E-state index in [4.69, 9.17) is 0 Å². The fourth-order valence-corrected chi connectivity index (χ4v) is 4.04. The van der Waals surface area contributed by atoms with E-state index in [1.165, 1.54) is 0 Å². The Morgan fingerprint density at radius 1 is 1.32 bits per heavy atom. The minimum absolute atomic E-state index is 0.651. The average molecular weight is 311 g/mol. The van der Waals surface area contributed by atoms with Crippen molar-refractivity contribution in [1.82, 2.24) is 15.2 Å². The Kier molecular flexibility index (Phi) is 2.61. The lowest BCUT2D eigenvalue weighted by atomic mass is 10.1. The summed E-state index contributed by atoms with van der Waals surface area (Å²) in [4.78, 5) is 4.99. The fourth-order valence-electron chi connectivity index (χ4n) is 2.57. The third-order valence-electron chi connectivity index (χ3n) is 3.58. The lowest BCUT2D eigenvalue weighted by molar-refractivity contribution is 0.683. The molecule has 2 N–H and O–H groups in total. The Morgan fingerprint density at radius 2 is 2.18 bits per heavy atom. The van der Waals surface area contributed by atoms with Crippen molar-refractivity contribution in [3.8, 4) is 0 Å². The summed E-state index contributed by atoms with van der Waals surface area (Å²) < 4.78 is 16.4. The predicted molar refractivity (Wildman–Crippen MR) is 89.4 cm³/mol. The van der Waals surface area contributed by atoms with Crippen LogP contribution in [-0.4, -0.2) is 31.0 Å². The number of benzene rings is 1. The highest BCUT2D eigenvalue weighted by atomic mass is 32.2. The number of H-pyrrole nitrogens is 1. The molecule has 0 bridgehead atoms. The van der Waals surface area contributed by atoms with E-state index in [0.717, 1.165) is 28.0 Å². The molecule has 22 heavy (non-hydrogen) atoms. The van der Waals surface area contributed by atoms with Crippen LogP contribution in [0.4, 0.5) is 11.5 Å². The first-order valence-electron chi connectivity index (χ1n) is 6.69. The molecule has 4 rings (SSSR count). The van der Waals surface area contributed by atoms with Crippen molar-refractivity contribution in [2.24, 2.45) is 4.40 Å². The number of aromatic nitrogens is 3. The van der Waals surface area contributed by atoms with Crippen molar-refractivity contribution in [1.29, 1.82) is 0 Å². The highest BCUT2D eigenvalue weighted by Crippen LogP contribution is 2.30. The molecule has 3 aromatic rings. The Morgan fingerprint density at radius 3 is 3.05 bits per heavy atom. The highest BCUT2D eigenvalue weighted by Gasteiger charge is 2.22. The number of hydrogen-bond acceptors (Lipinski definition) is 4. The minimum Gasteiger partial charge on any atom is -0.337 e. The van der Waals surface area contributed by atoms with E-state index >= 15 is 0 Å². The number of fused-ring (bicyclic) bond motifs is 2. The molecular weight excluding hydrogens is 298 g/mol. The van der Waals surface area contributed by atoms with E-state index < -0.39 is 9.71 Å². The molecule has 0 radical (unpaired) electrons. The van der Waals surface area contributed by atoms with Crippen molar-refractivity contribution < 1.29 is 4.21 Å². The van der Waals surface area contributed by atoms with Gasteiger partial charge in [0.25, 0.3) is 0 Å². The van der Waals surface area contributed by atoms with E-state index in [-0.39, 0.29) is 0 Å². The van der Waals surface area contributed by atoms with Crippen molar-refractivity contribution >= 4 is 43.8 Å². The van der Waals surface area contributed by atoms with E-state index in [0.29, 0.717) is 10.7 Å². The van der Waals surface area contributed by atoms with Gasteiger partial charge in [0, 0.05) is 17.4 Å². The maximum Gasteiger partial charge on any atom is 0.178 e. The molecule has 1 unspecified atom stereocenters. The smallest absolute Gasteiger partial charge is 0.178 e. The molecule has 1 aliphatic rings. The van der Waals surface area contributed by atoms with Gasteiger partial charge in [-0.05, 0) is 43.1 Å². The SMILES string of the molecule is C=S1(=O)N=C(C)c2cc(Nc3n[nH]c4cccnc34)ccc21. The van der Waals surface area contributed by atoms with E-state index in [1.807, 2.05) is 31.2 Å². The first-order valence-corrected chi connectivity index (χ1v) is 8.37. The molecular formula is C15H13N5OS. The molecule has 0 saturated carbocycles. The second-order valence-corrected chi connectivity index (χ2v) is 7.03. The molecule has 110 valence electrons. The van der Waals surface area contributed by atoms with Crippen molar-refractivity contribution in [2.45, 2.75) is 11.8 Å². The van der Waals surface area contributed by atoms with Crippen molar-refractivity contribution in [2.75, 3.05) is 5.32 Å². The van der Waals surface area contributed by atoms with Crippen LogP contribution in [-0.2, 0) is 9.71 Å². The van der Waals surface area contributed by atoms with Crippen LogP contribution < -0.4 is 5.32 Å². The summed E-state index contributed by atoms with van der Waals surface area (Å²) in [5.41, 5.74) is 4.07. The Bertz CT molecular complexity index is 1030. The summed E-state index contributed by atoms with van der Waals surface area (Å²) >= 11 is 0. The summed E-state index contributed by atoms with van der Waals surface area (Å²) in [6, 6.07) is 9.33. The quantitative estimate of drug-likeness (QED) is 0.712. The molecule has 7 heteroatoms. The predicted octanol–water partition coefficient (Wildman–Crippen LogP) is 2.51.